The van der Waals surface area contributed by atoms with Crippen LogP contribution in [0.4, 0.5) is 4.39 Å². The van der Waals surface area contributed by atoms with E-state index in [2.05, 4.69) is 4.72 Å². The highest BCUT2D eigenvalue weighted by Gasteiger charge is 2.20. The van der Waals surface area contributed by atoms with Crippen molar-refractivity contribution >= 4 is 10.0 Å². The maximum Gasteiger partial charge on any atom is 0.216 e. The molecule has 0 unspecified atom stereocenters. The van der Waals surface area contributed by atoms with Crippen LogP contribution in [-0.2, 0) is 15.8 Å². The van der Waals surface area contributed by atoms with Crippen molar-refractivity contribution in [3.05, 3.63) is 71.5 Å². The maximum atomic E-state index is 13.6. The molecule has 0 spiro atoms. The van der Waals surface area contributed by atoms with Gasteiger partial charge in [0.15, 0.2) is 0 Å². The van der Waals surface area contributed by atoms with Crippen LogP contribution in [-0.4, -0.2) is 20.1 Å². The average Bonchev–Trinajstić information content (AvgIpc) is 2.50. The third-order valence-corrected chi connectivity index (χ3v) is 4.58. The van der Waals surface area contributed by atoms with Gasteiger partial charge in [-0.05, 0) is 18.1 Å². The Morgan fingerprint density at radius 3 is 2.32 bits per heavy atom. The molecular weight excluding hydrogens is 305 g/mol. The van der Waals surface area contributed by atoms with Crippen molar-refractivity contribution in [2.24, 2.45) is 0 Å². The summed E-state index contributed by atoms with van der Waals surface area (Å²) in [4.78, 5) is 0. The van der Waals surface area contributed by atoms with Gasteiger partial charge in [-0.2, -0.15) is 0 Å². The first-order valence-electron chi connectivity index (χ1n) is 6.91. The molecule has 0 bridgehead atoms. The topological polar surface area (TPSA) is 66.4 Å². The predicted molar refractivity (Wildman–Crippen MR) is 83.0 cm³/mol. The van der Waals surface area contributed by atoms with Crippen molar-refractivity contribution < 1.29 is 17.9 Å². The number of sulfonamides is 1. The quantitative estimate of drug-likeness (QED) is 0.822. The molecule has 0 aliphatic carbocycles. The van der Waals surface area contributed by atoms with E-state index in [4.69, 9.17) is 5.11 Å². The maximum absolute atomic E-state index is 13.6. The third-order valence-electron chi connectivity index (χ3n) is 3.24. The molecule has 1 atom stereocenters. The van der Waals surface area contributed by atoms with Crippen LogP contribution in [0, 0.1) is 5.82 Å². The summed E-state index contributed by atoms with van der Waals surface area (Å²) in [6, 6.07) is 14.2. The molecule has 4 nitrogen and oxygen atoms in total. The van der Waals surface area contributed by atoms with Gasteiger partial charge in [-0.25, -0.2) is 17.5 Å². The Hall–Kier alpha value is -1.76. The number of aliphatic hydroxyl groups excluding tert-OH is 1. The van der Waals surface area contributed by atoms with Crippen LogP contribution >= 0.6 is 0 Å². The number of aliphatic hydroxyl groups is 1. The van der Waals surface area contributed by atoms with Gasteiger partial charge < -0.3 is 5.11 Å². The SMILES string of the molecule is O=S(=O)(Cc1ccccc1F)N[C@H](CCO)c1ccccc1. The lowest BCUT2D eigenvalue weighted by atomic mass is 10.1. The van der Waals surface area contributed by atoms with Crippen molar-refractivity contribution in [3.63, 3.8) is 0 Å². The minimum Gasteiger partial charge on any atom is -0.396 e. The van der Waals surface area contributed by atoms with E-state index < -0.39 is 27.6 Å². The lowest BCUT2D eigenvalue weighted by Gasteiger charge is -2.18. The van der Waals surface area contributed by atoms with E-state index in [1.165, 1.54) is 18.2 Å². The molecule has 0 amide bonds. The Bertz CT molecular complexity index is 704. The van der Waals surface area contributed by atoms with Gasteiger partial charge in [-0.3, -0.25) is 0 Å². The first-order valence-corrected chi connectivity index (χ1v) is 8.56. The second-order valence-corrected chi connectivity index (χ2v) is 6.70. The van der Waals surface area contributed by atoms with Gasteiger partial charge in [0, 0.05) is 18.2 Å². The van der Waals surface area contributed by atoms with E-state index in [1.54, 1.807) is 30.3 Å². The van der Waals surface area contributed by atoms with Crippen LogP contribution < -0.4 is 4.72 Å². The number of halogens is 1. The zero-order chi connectivity index (χ0) is 16.0. The number of hydrogen-bond acceptors (Lipinski definition) is 3. The van der Waals surface area contributed by atoms with E-state index in [-0.39, 0.29) is 18.6 Å². The molecule has 2 N–H and O–H groups in total. The predicted octanol–water partition coefficient (Wildman–Crippen LogP) is 2.37. The molecule has 22 heavy (non-hydrogen) atoms. The Kier molecular flexibility index (Phi) is 5.65. The molecule has 6 heteroatoms. The number of nitrogens with one attached hydrogen (secondary N) is 1. The average molecular weight is 323 g/mol. The van der Waals surface area contributed by atoms with Crippen molar-refractivity contribution in [1.29, 1.82) is 0 Å². The summed E-state index contributed by atoms with van der Waals surface area (Å²) < 4.78 is 40.6. The highest BCUT2D eigenvalue weighted by atomic mass is 32.2. The van der Waals surface area contributed by atoms with Crippen LogP contribution in [0.15, 0.2) is 54.6 Å². The van der Waals surface area contributed by atoms with Gasteiger partial charge >= 0.3 is 0 Å². The molecule has 118 valence electrons. The van der Waals surface area contributed by atoms with Crippen molar-refractivity contribution in [3.8, 4) is 0 Å². The molecule has 0 saturated carbocycles. The molecule has 0 saturated heterocycles. The number of rotatable bonds is 7. The summed E-state index contributed by atoms with van der Waals surface area (Å²) >= 11 is 0. The fraction of sp³-hybridized carbons (Fsp3) is 0.250. The summed E-state index contributed by atoms with van der Waals surface area (Å²) in [5.41, 5.74) is 0.875. The molecule has 0 aromatic heterocycles. The summed E-state index contributed by atoms with van der Waals surface area (Å²) in [6.07, 6.45) is 0.251. The smallest absolute Gasteiger partial charge is 0.216 e. The van der Waals surface area contributed by atoms with Gasteiger partial charge in [0.25, 0.3) is 0 Å². The third kappa shape index (κ3) is 4.62. The van der Waals surface area contributed by atoms with E-state index in [1.807, 2.05) is 6.07 Å². The van der Waals surface area contributed by atoms with Crippen LogP contribution in [0.25, 0.3) is 0 Å². The lowest BCUT2D eigenvalue weighted by molar-refractivity contribution is 0.272. The Balaban J connectivity index is 2.16. The summed E-state index contributed by atoms with van der Waals surface area (Å²) in [5.74, 6) is -0.986. The standard InChI is InChI=1S/C16H18FNO3S/c17-15-9-5-4-8-14(15)12-22(20,21)18-16(10-11-19)13-6-2-1-3-7-13/h1-9,16,18-19H,10-12H2/t16-/m1/s1. The highest BCUT2D eigenvalue weighted by molar-refractivity contribution is 7.88. The van der Waals surface area contributed by atoms with Crippen LogP contribution in [0.3, 0.4) is 0 Å². The molecule has 0 fully saturated rings. The molecule has 0 aliphatic heterocycles. The van der Waals surface area contributed by atoms with E-state index in [0.29, 0.717) is 0 Å². The van der Waals surface area contributed by atoms with Crippen molar-refractivity contribution in [1.82, 2.24) is 4.72 Å². The van der Waals surface area contributed by atoms with Gasteiger partial charge in [0.05, 0.1) is 5.75 Å². The highest BCUT2D eigenvalue weighted by Crippen LogP contribution is 2.19. The van der Waals surface area contributed by atoms with Gasteiger partial charge in [-0.1, -0.05) is 48.5 Å². The normalized spacial score (nSPS) is 13.0. The number of hydrogen-bond donors (Lipinski definition) is 2. The summed E-state index contributed by atoms with van der Waals surface area (Å²) in [7, 11) is -3.73. The van der Waals surface area contributed by atoms with Gasteiger partial charge in [0.2, 0.25) is 10.0 Å². The fourth-order valence-corrected chi connectivity index (χ4v) is 3.60. The number of benzene rings is 2. The summed E-state index contributed by atoms with van der Waals surface area (Å²) in [6.45, 7) is -0.151. The Labute approximate surface area is 129 Å². The zero-order valence-electron chi connectivity index (χ0n) is 11.9. The molecule has 0 aliphatic rings. The molecule has 0 radical (unpaired) electrons. The van der Waals surface area contributed by atoms with E-state index in [9.17, 15) is 12.8 Å². The first-order chi connectivity index (χ1) is 10.5. The zero-order valence-corrected chi connectivity index (χ0v) is 12.8. The molecule has 0 heterocycles. The lowest BCUT2D eigenvalue weighted by Crippen LogP contribution is -2.30. The van der Waals surface area contributed by atoms with Crippen molar-refractivity contribution in [2.75, 3.05) is 6.61 Å². The van der Waals surface area contributed by atoms with Crippen LogP contribution in [0.1, 0.15) is 23.6 Å². The first kappa shape index (κ1) is 16.6. The second kappa shape index (κ2) is 7.49. The second-order valence-electron chi connectivity index (χ2n) is 4.94. The largest absolute Gasteiger partial charge is 0.396 e. The minimum atomic E-state index is -3.73. The van der Waals surface area contributed by atoms with E-state index in [0.717, 1.165) is 5.56 Å². The van der Waals surface area contributed by atoms with Crippen molar-refractivity contribution in [2.45, 2.75) is 18.2 Å². The molecular formula is C16H18FNO3S. The van der Waals surface area contributed by atoms with Gasteiger partial charge in [0.1, 0.15) is 5.82 Å². The molecule has 2 aromatic carbocycles. The molecule has 2 aromatic rings. The fourth-order valence-electron chi connectivity index (χ4n) is 2.19. The van der Waals surface area contributed by atoms with Crippen LogP contribution in [0.2, 0.25) is 0 Å². The summed E-state index contributed by atoms with van der Waals surface area (Å²) in [5, 5.41) is 9.13. The Morgan fingerprint density at radius 1 is 1.05 bits per heavy atom. The monoisotopic (exact) mass is 323 g/mol. The van der Waals surface area contributed by atoms with Gasteiger partial charge in [-0.15, -0.1) is 0 Å². The van der Waals surface area contributed by atoms with Crippen LogP contribution in [0.5, 0.6) is 0 Å². The Morgan fingerprint density at radius 2 is 1.68 bits per heavy atom. The molecule has 2 rings (SSSR count). The minimum absolute atomic E-state index is 0.116. The van der Waals surface area contributed by atoms with E-state index >= 15 is 0 Å².